The summed E-state index contributed by atoms with van der Waals surface area (Å²) in [7, 11) is 3.14. The van der Waals surface area contributed by atoms with Gasteiger partial charge in [-0.1, -0.05) is 24.8 Å². The topological polar surface area (TPSA) is 77.7 Å². The van der Waals surface area contributed by atoms with Crippen molar-refractivity contribution in [2.24, 2.45) is 5.92 Å². The van der Waals surface area contributed by atoms with Gasteiger partial charge in [0.15, 0.2) is 0 Å². The Morgan fingerprint density at radius 1 is 1.31 bits per heavy atom. The first kappa shape index (κ1) is 18.6. The molecule has 1 atom stereocenters. The van der Waals surface area contributed by atoms with Crippen LogP contribution in [-0.4, -0.2) is 54.1 Å². The lowest BCUT2D eigenvalue weighted by atomic mass is 10.0. The number of thioether (sulfide) groups is 1. The average Bonchev–Trinajstić information content (AvgIpc) is 3.13. The summed E-state index contributed by atoms with van der Waals surface area (Å²) in [5.74, 6) is 2.44. The second-order valence-electron chi connectivity index (χ2n) is 6.29. The number of methoxy groups -OCH3 is 2. The second-order valence-corrected chi connectivity index (χ2v) is 7.21. The predicted molar refractivity (Wildman–Crippen MR) is 98.5 cm³/mol. The number of benzene rings is 1. The van der Waals surface area contributed by atoms with Crippen LogP contribution < -0.4 is 9.47 Å². The molecule has 2 heterocycles. The molecular weight excluding hydrogens is 354 g/mol. The molecular formula is C18H23N3O4S. The molecule has 140 valence electrons. The molecule has 3 rings (SSSR count). The standard InChI is InChI=1S/C18H23N3O4S/c1-12-6-5-9-21(10-12)15(22)11-26-18-20-19-17(25-18)16-13(23-2)7-4-8-14(16)24-3/h4,7-8,12H,5-6,9-11H2,1-3H3. The molecule has 1 fully saturated rings. The quantitative estimate of drug-likeness (QED) is 0.716. The van der Waals surface area contributed by atoms with Crippen molar-refractivity contribution >= 4 is 17.7 Å². The Kier molecular flexibility index (Phi) is 6.03. The van der Waals surface area contributed by atoms with Gasteiger partial charge in [-0.2, -0.15) is 0 Å². The van der Waals surface area contributed by atoms with E-state index in [1.54, 1.807) is 26.4 Å². The number of hydrogen-bond acceptors (Lipinski definition) is 7. The van der Waals surface area contributed by atoms with Crippen molar-refractivity contribution < 1.29 is 18.7 Å². The SMILES string of the molecule is COc1cccc(OC)c1-c1nnc(SCC(=O)N2CCCC(C)C2)o1. The number of carbonyl (C=O) groups excluding carboxylic acids is 1. The van der Waals surface area contributed by atoms with Crippen molar-refractivity contribution in [2.45, 2.75) is 25.0 Å². The van der Waals surface area contributed by atoms with Crippen LogP contribution in [0.15, 0.2) is 27.8 Å². The highest BCUT2D eigenvalue weighted by molar-refractivity contribution is 7.99. The van der Waals surface area contributed by atoms with E-state index in [4.69, 9.17) is 13.9 Å². The van der Waals surface area contributed by atoms with Gasteiger partial charge in [0, 0.05) is 13.1 Å². The molecule has 0 aliphatic carbocycles. The lowest BCUT2D eigenvalue weighted by Gasteiger charge is -2.30. The fourth-order valence-corrected chi connectivity index (χ4v) is 3.73. The number of likely N-dealkylation sites (tertiary alicyclic amines) is 1. The van der Waals surface area contributed by atoms with Gasteiger partial charge in [0.2, 0.25) is 5.91 Å². The third-order valence-corrected chi connectivity index (χ3v) is 5.18. The van der Waals surface area contributed by atoms with Crippen molar-refractivity contribution in [3.05, 3.63) is 18.2 Å². The van der Waals surface area contributed by atoms with Crippen molar-refractivity contribution in [2.75, 3.05) is 33.1 Å². The minimum absolute atomic E-state index is 0.108. The zero-order valence-corrected chi connectivity index (χ0v) is 16.0. The van der Waals surface area contributed by atoms with Crippen molar-refractivity contribution in [3.63, 3.8) is 0 Å². The lowest BCUT2D eigenvalue weighted by molar-refractivity contribution is -0.130. The Labute approximate surface area is 157 Å². The maximum absolute atomic E-state index is 12.4. The molecule has 1 aliphatic heterocycles. The maximum Gasteiger partial charge on any atom is 0.277 e. The molecule has 1 aromatic carbocycles. The summed E-state index contributed by atoms with van der Waals surface area (Å²) in [6.07, 6.45) is 2.25. The predicted octanol–water partition coefficient (Wildman–Crippen LogP) is 3.10. The molecule has 8 heteroatoms. The maximum atomic E-state index is 12.4. The third-order valence-electron chi connectivity index (χ3n) is 4.38. The number of hydrogen-bond donors (Lipinski definition) is 0. The Bertz CT molecular complexity index is 742. The Hall–Kier alpha value is -2.22. The number of ether oxygens (including phenoxy) is 2. The van der Waals surface area contributed by atoms with Gasteiger partial charge in [0.25, 0.3) is 11.1 Å². The van der Waals surface area contributed by atoms with Crippen molar-refractivity contribution in [1.29, 1.82) is 0 Å². The number of rotatable bonds is 6. The first-order valence-electron chi connectivity index (χ1n) is 8.57. The minimum atomic E-state index is 0.108. The highest BCUT2D eigenvalue weighted by atomic mass is 32.2. The van der Waals surface area contributed by atoms with Crippen LogP contribution in [0.1, 0.15) is 19.8 Å². The van der Waals surface area contributed by atoms with Gasteiger partial charge in [0.05, 0.1) is 20.0 Å². The van der Waals surface area contributed by atoms with Crippen molar-refractivity contribution in [1.82, 2.24) is 15.1 Å². The van der Waals surface area contributed by atoms with E-state index in [0.29, 0.717) is 34.1 Å². The first-order valence-corrected chi connectivity index (χ1v) is 9.56. The monoisotopic (exact) mass is 377 g/mol. The Balaban J connectivity index is 1.68. The van der Waals surface area contributed by atoms with Gasteiger partial charge < -0.3 is 18.8 Å². The molecule has 1 aromatic heterocycles. The van der Waals surface area contributed by atoms with Gasteiger partial charge in [-0.15, -0.1) is 10.2 Å². The molecule has 1 aliphatic rings. The van der Waals surface area contributed by atoms with Gasteiger partial charge in [0.1, 0.15) is 17.1 Å². The molecule has 1 unspecified atom stereocenters. The van der Waals surface area contributed by atoms with Crippen molar-refractivity contribution in [3.8, 4) is 23.0 Å². The van der Waals surface area contributed by atoms with Crippen LogP contribution in [0, 0.1) is 5.92 Å². The van der Waals surface area contributed by atoms with E-state index >= 15 is 0 Å². The summed E-state index contributed by atoms with van der Waals surface area (Å²) in [5.41, 5.74) is 0.605. The highest BCUT2D eigenvalue weighted by Crippen LogP contribution is 2.38. The Morgan fingerprint density at radius 2 is 2.04 bits per heavy atom. The van der Waals surface area contributed by atoms with Crippen LogP contribution in [0.2, 0.25) is 0 Å². The van der Waals surface area contributed by atoms with E-state index in [0.717, 1.165) is 19.5 Å². The zero-order chi connectivity index (χ0) is 18.5. The van der Waals surface area contributed by atoms with Gasteiger partial charge in [-0.05, 0) is 30.9 Å². The zero-order valence-electron chi connectivity index (χ0n) is 15.2. The van der Waals surface area contributed by atoms with Crippen LogP contribution in [-0.2, 0) is 4.79 Å². The summed E-state index contributed by atoms with van der Waals surface area (Å²) in [5, 5.41) is 8.48. The molecule has 0 spiro atoms. The average molecular weight is 377 g/mol. The fourth-order valence-electron chi connectivity index (χ4n) is 3.06. The largest absolute Gasteiger partial charge is 0.496 e. The molecule has 26 heavy (non-hydrogen) atoms. The van der Waals surface area contributed by atoms with E-state index in [1.165, 1.54) is 18.2 Å². The third kappa shape index (κ3) is 4.12. The van der Waals surface area contributed by atoms with Crippen LogP contribution in [0.3, 0.4) is 0 Å². The van der Waals surface area contributed by atoms with E-state index in [-0.39, 0.29) is 11.7 Å². The molecule has 1 amide bonds. The number of carbonyl (C=O) groups is 1. The molecule has 2 aromatic rings. The molecule has 0 bridgehead atoms. The van der Waals surface area contributed by atoms with E-state index in [1.807, 2.05) is 11.0 Å². The first-order chi connectivity index (χ1) is 12.6. The van der Waals surface area contributed by atoms with Crippen LogP contribution in [0.4, 0.5) is 0 Å². The van der Waals surface area contributed by atoms with Crippen LogP contribution in [0.25, 0.3) is 11.5 Å². The summed E-state index contributed by atoms with van der Waals surface area (Å²) < 4.78 is 16.5. The molecule has 0 N–H and O–H groups in total. The summed E-state index contributed by atoms with van der Waals surface area (Å²) in [6.45, 7) is 3.83. The van der Waals surface area contributed by atoms with E-state index in [2.05, 4.69) is 17.1 Å². The molecule has 0 radical (unpaired) electrons. The van der Waals surface area contributed by atoms with Crippen LogP contribution >= 0.6 is 11.8 Å². The number of piperidine rings is 1. The highest BCUT2D eigenvalue weighted by Gasteiger charge is 2.23. The summed E-state index contributed by atoms with van der Waals surface area (Å²) in [6, 6.07) is 5.43. The summed E-state index contributed by atoms with van der Waals surface area (Å²) >= 11 is 1.25. The number of aromatic nitrogens is 2. The lowest BCUT2D eigenvalue weighted by Crippen LogP contribution is -2.40. The molecule has 7 nitrogen and oxygen atoms in total. The van der Waals surface area contributed by atoms with Gasteiger partial charge in [-0.3, -0.25) is 4.79 Å². The Morgan fingerprint density at radius 3 is 2.69 bits per heavy atom. The van der Waals surface area contributed by atoms with E-state index < -0.39 is 0 Å². The number of amides is 1. The van der Waals surface area contributed by atoms with Crippen LogP contribution in [0.5, 0.6) is 11.5 Å². The minimum Gasteiger partial charge on any atom is -0.496 e. The normalized spacial score (nSPS) is 17.2. The van der Waals surface area contributed by atoms with E-state index in [9.17, 15) is 4.79 Å². The number of nitrogens with zero attached hydrogens (tertiary/aromatic N) is 3. The van der Waals surface area contributed by atoms with Gasteiger partial charge in [-0.25, -0.2) is 0 Å². The van der Waals surface area contributed by atoms with Gasteiger partial charge >= 0.3 is 0 Å². The summed E-state index contributed by atoms with van der Waals surface area (Å²) in [4.78, 5) is 14.3. The second kappa shape index (κ2) is 8.44. The fraction of sp³-hybridized carbons (Fsp3) is 0.500. The molecule has 1 saturated heterocycles. The smallest absolute Gasteiger partial charge is 0.277 e. The molecule has 0 saturated carbocycles.